The van der Waals surface area contributed by atoms with Gasteiger partial charge in [-0.1, -0.05) is 41.9 Å². The number of hydrogen-bond donors (Lipinski definition) is 2. The predicted molar refractivity (Wildman–Crippen MR) is 103 cm³/mol. The van der Waals surface area contributed by atoms with E-state index in [1.807, 2.05) is 36.4 Å². The van der Waals surface area contributed by atoms with Crippen LogP contribution in [0.15, 0.2) is 60.7 Å². The van der Waals surface area contributed by atoms with Gasteiger partial charge in [0.25, 0.3) is 0 Å². The molecular formula is C20H17ClN4O. The number of hydrogen-bond acceptors (Lipinski definition) is 3. The van der Waals surface area contributed by atoms with Crippen LogP contribution in [0.5, 0.6) is 0 Å². The van der Waals surface area contributed by atoms with Crippen molar-refractivity contribution in [2.24, 2.45) is 0 Å². The zero-order chi connectivity index (χ0) is 18.5. The zero-order valence-corrected chi connectivity index (χ0v) is 14.7. The van der Waals surface area contributed by atoms with Gasteiger partial charge in [-0.3, -0.25) is 4.79 Å². The van der Waals surface area contributed by atoms with Crippen LogP contribution in [0, 0.1) is 11.3 Å². The largest absolute Gasteiger partial charge is 0.397 e. The maximum atomic E-state index is 12.4. The summed E-state index contributed by atoms with van der Waals surface area (Å²) < 4.78 is 1.65. The van der Waals surface area contributed by atoms with Crippen LogP contribution >= 0.6 is 11.6 Å². The van der Waals surface area contributed by atoms with Gasteiger partial charge in [0.1, 0.15) is 18.3 Å². The molecule has 0 spiro atoms. The summed E-state index contributed by atoms with van der Waals surface area (Å²) in [5, 5.41) is 12.8. The molecule has 2 aromatic carbocycles. The van der Waals surface area contributed by atoms with Gasteiger partial charge in [-0.15, -0.1) is 0 Å². The first-order valence-corrected chi connectivity index (χ1v) is 8.42. The maximum absolute atomic E-state index is 12.4. The van der Waals surface area contributed by atoms with Crippen molar-refractivity contribution in [3.8, 4) is 6.07 Å². The average Bonchev–Trinajstić information content (AvgIpc) is 2.91. The number of nitriles is 1. The number of nitrogen functional groups attached to an aromatic ring is 1. The summed E-state index contributed by atoms with van der Waals surface area (Å²) >= 11 is 6.04. The number of halogens is 1. The number of amides is 1. The molecule has 0 aliphatic carbocycles. The van der Waals surface area contributed by atoms with Crippen LogP contribution in [-0.4, -0.2) is 10.5 Å². The van der Waals surface area contributed by atoms with Crippen molar-refractivity contribution < 1.29 is 4.79 Å². The second kappa shape index (κ2) is 7.77. The molecule has 0 radical (unpaired) electrons. The molecule has 1 heterocycles. The smallest absolute Gasteiger partial charge is 0.244 e. The SMILES string of the molecule is N#Cc1cc(N)c(Cc2cccc(Cl)c2)n1CC(=O)Nc1ccccc1. The highest BCUT2D eigenvalue weighted by Gasteiger charge is 2.16. The molecule has 0 aliphatic rings. The maximum Gasteiger partial charge on any atom is 0.244 e. The molecule has 6 heteroatoms. The molecule has 1 aromatic heterocycles. The minimum Gasteiger partial charge on any atom is -0.397 e. The number of para-hydroxylation sites is 1. The molecule has 26 heavy (non-hydrogen) atoms. The van der Waals surface area contributed by atoms with Crippen LogP contribution in [-0.2, 0) is 17.8 Å². The van der Waals surface area contributed by atoms with Gasteiger partial charge in [0.05, 0.1) is 5.69 Å². The third-order valence-corrected chi connectivity index (χ3v) is 4.21. The molecule has 0 atom stereocenters. The van der Waals surface area contributed by atoms with Gasteiger partial charge in [0, 0.05) is 22.8 Å². The van der Waals surface area contributed by atoms with Crippen LogP contribution in [0.4, 0.5) is 11.4 Å². The summed E-state index contributed by atoms with van der Waals surface area (Å²) in [6, 6.07) is 20.3. The Bertz CT molecular complexity index is 973. The van der Waals surface area contributed by atoms with E-state index in [2.05, 4.69) is 11.4 Å². The fraction of sp³-hybridized carbons (Fsp3) is 0.100. The van der Waals surface area contributed by atoms with E-state index in [9.17, 15) is 10.1 Å². The minimum atomic E-state index is -0.226. The van der Waals surface area contributed by atoms with Gasteiger partial charge in [0.15, 0.2) is 0 Å². The first-order chi connectivity index (χ1) is 12.6. The number of nitrogens with zero attached hydrogens (tertiary/aromatic N) is 2. The summed E-state index contributed by atoms with van der Waals surface area (Å²) in [5.41, 5.74) is 9.30. The van der Waals surface area contributed by atoms with E-state index in [0.29, 0.717) is 34.2 Å². The van der Waals surface area contributed by atoms with Crippen LogP contribution < -0.4 is 11.1 Å². The van der Waals surface area contributed by atoms with E-state index < -0.39 is 0 Å². The van der Waals surface area contributed by atoms with E-state index >= 15 is 0 Å². The summed E-state index contributed by atoms with van der Waals surface area (Å²) in [6.07, 6.45) is 0.479. The Morgan fingerprint density at radius 2 is 1.92 bits per heavy atom. The summed E-state index contributed by atoms with van der Waals surface area (Å²) in [4.78, 5) is 12.4. The van der Waals surface area contributed by atoms with Crippen molar-refractivity contribution in [3.63, 3.8) is 0 Å². The zero-order valence-electron chi connectivity index (χ0n) is 13.9. The number of anilines is 2. The normalized spacial score (nSPS) is 10.3. The van der Waals surface area contributed by atoms with Crippen LogP contribution in [0.25, 0.3) is 0 Å². The molecule has 0 aliphatic heterocycles. The van der Waals surface area contributed by atoms with Crippen molar-refractivity contribution >= 4 is 28.9 Å². The van der Waals surface area contributed by atoms with Crippen LogP contribution in [0.1, 0.15) is 17.0 Å². The molecule has 0 saturated heterocycles. The van der Waals surface area contributed by atoms with Crippen molar-refractivity contribution in [1.29, 1.82) is 5.26 Å². The second-order valence-corrected chi connectivity index (χ2v) is 6.29. The molecule has 0 unspecified atom stereocenters. The molecule has 1 amide bonds. The lowest BCUT2D eigenvalue weighted by atomic mass is 10.1. The first-order valence-electron chi connectivity index (χ1n) is 8.04. The van der Waals surface area contributed by atoms with Gasteiger partial charge in [-0.05, 0) is 35.9 Å². The van der Waals surface area contributed by atoms with Gasteiger partial charge in [-0.25, -0.2) is 0 Å². The van der Waals surface area contributed by atoms with Crippen LogP contribution in [0.3, 0.4) is 0 Å². The van der Waals surface area contributed by atoms with Gasteiger partial charge < -0.3 is 15.6 Å². The lowest BCUT2D eigenvalue weighted by Gasteiger charge is -2.12. The fourth-order valence-electron chi connectivity index (χ4n) is 2.79. The molecule has 3 rings (SSSR count). The third-order valence-electron chi connectivity index (χ3n) is 3.98. The summed E-state index contributed by atoms with van der Waals surface area (Å²) in [7, 11) is 0. The first kappa shape index (κ1) is 17.6. The molecule has 0 bridgehead atoms. The summed E-state index contributed by atoms with van der Waals surface area (Å²) in [6.45, 7) is 0.00485. The Labute approximate surface area is 156 Å². The number of carbonyl (C=O) groups is 1. The molecule has 130 valence electrons. The van der Waals surface area contributed by atoms with E-state index in [0.717, 1.165) is 5.56 Å². The fourth-order valence-corrected chi connectivity index (χ4v) is 3.00. The Hall–Kier alpha value is -3.23. The Morgan fingerprint density at radius 1 is 1.15 bits per heavy atom. The van der Waals surface area contributed by atoms with Crippen molar-refractivity contribution in [2.75, 3.05) is 11.1 Å². The molecule has 0 saturated carbocycles. The quantitative estimate of drug-likeness (QED) is 0.721. The highest BCUT2D eigenvalue weighted by molar-refractivity contribution is 6.30. The van der Waals surface area contributed by atoms with E-state index in [1.165, 1.54) is 0 Å². The molecule has 3 aromatic rings. The number of nitrogens with one attached hydrogen (secondary N) is 1. The molecular weight excluding hydrogens is 348 g/mol. The van der Waals surface area contributed by atoms with Gasteiger partial charge >= 0.3 is 0 Å². The number of carbonyl (C=O) groups excluding carboxylic acids is 1. The van der Waals surface area contributed by atoms with Gasteiger partial charge in [0.2, 0.25) is 5.91 Å². The van der Waals surface area contributed by atoms with Crippen molar-refractivity contribution in [3.05, 3.63) is 82.6 Å². The number of benzene rings is 2. The number of aromatic nitrogens is 1. The van der Waals surface area contributed by atoms with Crippen LogP contribution in [0.2, 0.25) is 5.02 Å². The van der Waals surface area contributed by atoms with E-state index in [-0.39, 0.29) is 12.5 Å². The second-order valence-electron chi connectivity index (χ2n) is 5.85. The average molecular weight is 365 g/mol. The molecule has 5 nitrogen and oxygen atoms in total. The Balaban J connectivity index is 1.86. The topological polar surface area (TPSA) is 83.8 Å². The number of rotatable bonds is 5. The lowest BCUT2D eigenvalue weighted by Crippen LogP contribution is -2.21. The molecule has 0 fully saturated rings. The standard InChI is InChI=1S/C20H17ClN4O/c21-15-6-4-5-14(9-15)10-19-18(23)11-17(12-22)25(19)13-20(26)24-16-7-2-1-3-8-16/h1-9,11H,10,13,23H2,(H,24,26). The van der Waals surface area contributed by atoms with Crippen molar-refractivity contribution in [1.82, 2.24) is 4.57 Å². The Morgan fingerprint density at radius 3 is 2.62 bits per heavy atom. The predicted octanol–water partition coefficient (Wildman–Crippen LogP) is 3.82. The third kappa shape index (κ3) is 4.05. The lowest BCUT2D eigenvalue weighted by molar-refractivity contribution is -0.116. The number of nitrogens with two attached hydrogens (primary N) is 1. The summed E-state index contributed by atoms with van der Waals surface area (Å²) in [5.74, 6) is -0.226. The highest BCUT2D eigenvalue weighted by atomic mass is 35.5. The van der Waals surface area contributed by atoms with Crippen molar-refractivity contribution in [2.45, 2.75) is 13.0 Å². The van der Waals surface area contributed by atoms with E-state index in [4.69, 9.17) is 17.3 Å². The van der Waals surface area contributed by atoms with E-state index in [1.54, 1.807) is 28.8 Å². The Kier molecular flexibility index (Phi) is 5.26. The highest BCUT2D eigenvalue weighted by Crippen LogP contribution is 2.23. The monoisotopic (exact) mass is 364 g/mol. The molecule has 3 N–H and O–H groups in total. The van der Waals surface area contributed by atoms with Gasteiger partial charge in [-0.2, -0.15) is 5.26 Å². The minimum absolute atomic E-state index is 0.00485.